The fourth-order valence-corrected chi connectivity index (χ4v) is 2.37. The first kappa shape index (κ1) is 7.68. The molecule has 1 aromatic rings. The van der Waals surface area contributed by atoms with Crippen LogP contribution in [0.15, 0.2) is 23.1 Å². The molecule has 0 aromatic heterocycles. The lowest BCUT2D eigenvalue weighted by molar-refractivity contribution is 0.0696. The zero-order chi connectivity index (χ0) is 8.55. The smallest absolute Gasteiger partial charge is 0.335 e. The molecule has 0 aliphatic carbocycles. The second-order valence-corrected chi connectivity index (χ2v) is 3.86. The highest BCUT2D eigenvalue weighted by atomic mass is 32.2. The van der Waals surface area contributed by atoms with Crippen LogP contribution in [0.1, 0.15) is 15.9 Å². The van der Waals surface area contributed by atoms with E-state index in [0.29, 0.717) is 5.56 Å². The molecule has 1 heterocycles. The van der Waals surface area contributed by atoms with Gasteiger partial charge in [0.15, 0.2) is 0 Å². The molecule has 12 heavy (non-hydrogen) atoms. The largest absolute Gasteiger partial charge is 0.478 e. The van der Waals surface area contributed by atoms with E-state index in [1.807, 2.05) is 6.07 Å². The summed E-state index contributed by atoms with van der Waals surface area (Å²) in [5, 5.41) is 8.71. The van der Waals surface area contributed by atoms with Gasteiger partial charge in [0, 0.05) is 10.6 Å². The summed E-state index contributed by atoms with van der Waals surface area (Å²) in [6.07, 6.45) is 1.00. The van der Waals surface area contributed by atoms with Crippen molar-refractivity contribution in [3.63, 3.8) is 0 Å². The lowest BCUT2D eigenvalue weighted by Gasteiger charge is -1.98. The van der Waals surface area contributed by atoms with Crippen molar-refractivity contribution in [3.05, 3.63) is 29.3 Å². The van der Waals surface area contributed by atoms with Gasteiger partial charge < -0.3 is 5.11 Å². The molecule has 0 fully saturated rings. The Balaban J connectivity index is 2.45. The van der Waals surface area contributed by atoms with Crippen molar-refractivity contribution < 1.29 is 9.90 Å². The number of thioether (sulfide) groups is 1. The first-order valence-electron chi connectivity index (χ1n) is 3.76. The van der Waals surface area contributed by atoms with Gasteiger partial charge in [0.2, 0.25) is 0 Å². The fourth-order valence-electron chi connectivity index (χ4n) is 1.32. The molecular formula is C9H8O2S. The molecule has 3 heteroatoms. The van der Waals surface area contributed by atoms with Crippen LogP contribution in [0.4, 0.5) is 0 Å². The van der Waals surface area contributed by atoms with E-state index in [-0.39, 0.29) is 0 Å². The van der Waals surface area contributed by atoms with Gasteiger partial charge >= 0.3 is 5.97 Å². The molecule has 62 valence electrons. The highest BCUT2D eigenvalue weighted by Gasteiger charge is 2.13. The van der Waals surface area contributed by atoms with Crippen molar-refractivity contribution in [2.24, 2.45) is 0 Å². The molecule has 0 saturated heterocycles. The Morgan fingerprint density at radius 1 is 1.50 bits per heavy atom. The lowest BCUT2D eigenvalue weighted by Crippen LogP contribution is -1.96. The van der Waals surface area contributed by atoms with Crippen LogP contribution in [0.3, 0.4) is 0 Å². The third-order valence-electron chi connectivity index (χ3n) is 1.94. The predicted octanol–water partition coefficient (Wildman–Crippen LogP) is 2.03. The number of carboxylic acids is 1. The number of aromatic carboxylic acids is 1. The normalized spacial score (nSPS) is 14.3. The minimum absolute atomic E-state index is 0.399. The molecule has 0 atom stereocenters. The van der Waals surface area contributed by atoms with Gasteiger partial charge in [0.1, 0.15) is 0 Å². The van der Waals surface area contributed by atoms with Gasteiger partial charge in [-0.15, -0.1) is 11.8 Å². The highest BCUT2D eigenvalue weighted by Crippen LogP contribution is 2.31. The number of benzene rings is 1. The number of fused-ring (bicyclic) bond motifs is 1. The Morgan fingerprint density at radius 2 is 2.33 bits per heavy atom. The van der Waals surface area contributed by atoms with Crippen molar-refractivity contribution in [1.29, 1.82) is 0 Å². The molecule has 0 amide bonds. The van der Waals surface area contributed by atoms with Crippen LogP contribution in [0.25, 0.3) is 0 Å². The monoisotopic (exact) mass is 180 g/mol. The van der Waals surface area contributed by atoms with E-state index in [0.717, 1.165) is 12.2 Å². The van der Waals surface area contributed by atoms with Gasteiger partial charge in [-0.3, -0.25) is 0 Å². The van der Waals surface area contributed by atoms with Crippen molar-refractivity contribution in [3.8, 4) is 0 Å². The molecule has 0 spiro atoms. The van der Waals surface area contributed by atoms with Crippen molar-refractivity contribution in [2.75, 3.05) is 5.75 Å². The van der Waals surface area contributed by atoms with Crippen molar-refractivity contribution in [1.82, 2.24) is 0 Å². The number of rotatable bonds is 1. The van der Waals surface area contributed by atoms with E-state index < -0.39 is 5.97 Å². The summed E-state index contributed by atoms with van der Waals surface area (Å²) in [4.78, 5) is 11.8. The average Bonchev–Trinajstić information content (AvgIpc) is 2.49. The third kappa shape index (κ3) is 1.20. The van der Waals surface area contributed by atoms with Gasteiger partial charge in [0.05, 0.1) is 5.56 Å². The molecule has 0 saturated carbocycles. The van der Waals surface area contributed by atoms with E-state index in [1.54, 1.807) is 23.9 Å². The van der Waals surface area contributed by atoms with Crippen molar-refractivity contribution in [2.45, 2.75) is 11.3 Å². The summed E-state index contributed by atoms with van der Waals surface area (Å²) in [6, 6.07) is 5.34. The van der Waals surface area contributed by atoms with Gasteiger partial charge in [-0.25, -0.2) is 4.79 Å². The molecular weight excluding hydrogens is 172 g/mol. The predicted molar refractivity (Wildman–Crippen MR) is 47.8 cm³/mol. The average molecular weight is 180 g/mol. The molecule has 0 unspecified atom stereocenters. The molecule has 1 N–H and O–H groups in total. The van der Waals surface area contributed by atoms with Gasteiger partial charge in [0.25, 0.3) is 0 Å². The molecule has 2 nitrogen and oxygen atoms in total. The molecule has 1 aliphatic rings. The summed E-state index contributed by atoms with van der Waals surface area (Å²) < 4.78 is 0. The van der Waals surface area contributed by atoms with E-state index in [1.165, 1.54) is 10.5 Å². The number of aryl methyl sites for hydroxylation is 1. The number of hydrogen-bond donors (Lipinski definition) is 1. The highest BCUT2D eigenvalue weighted by molar-refractivity contribution is 7.99. The minimum Gasteiger partial charge on any atom is -0.478 e. The summed E-state index contributed by atoms with van der Waals surface area (Å²) in [7, 11) is 0. The van der Waals surface area contributed by atoms with Crippen LogP contribution in [0, 0.1) is 0 Å². The maximum absolute atomic E-state index is 10.6. The molecule has 0 radical (unpaired) electrons. The quantitative estimate of drug-likeness (QED) is 0.718. The first-order chi connectivity index (χ1) is 5.77. The maximum Gasteiger partial charge on any atom is 0.335 e. The lowest BCUT2D eigenvalue weighted by atomic mass is 10.1. The van der Waals surface area contributed by atoms with E-state index >= 15 is 0 Å². The maximum atomic E-state index is 10.6. The third-order valence-corrected chi connectivity index (χ3v) is 3.05. The van der Waals surface area contributed by atoms with Crippen LogP contribution < -0.4 is 0 Å². The molecule has 1 aromatic carbocycles. The summed E-state index contributed by atoms with van der Waals surface area (Å²) in [6.45, 7) is 0. The zero-order valence-corrected chi connectivity index (χ0v) is 7.23. The Bertz CT molecular complexity index is 333. The van der Waals surface area contributed by atoms with Gasteiger partial charge in [-0.1, -0.05) is 0 Å². The Morgan fingerprint density at radius 3 is 3.08 bits per heavy atom. The topological polar surface area (TPSA) is 37.3 Å². The fraction of sp³-hybridized carbons (Fsp3) is 0.222. The van der Waals surface area contributed by atoms with E-state index in [9.17, 15) is 4.79 Å². The number of hydrogen-bond acceptors (Lipinski definition) is 2. The van der Waals surface area contributed by atoms with Crippen LogP contribution in [-0.2, 0) is 6.42 Å². The second-order valence-electron chi connectivity index (χ2n) is 2.73. The van der Waals surface area contributed by atoms with Crippen LogP contribution >= 0.6 is 11.8 Å². The van der Waals surface area contributed by atoms with Gasteiger partial charge in [-0.05, 0) is 30.2 Å². The summed E-state index contributed by atoms with van der Waals surface area (Å²) in [5.41, 5.74) is 1.58. The molecule has 1 aliphatic heterocycles. The standard InChI is InChI=1S/C9H8O2S/c10-9(11)7-1-2-8-6(5-7)3-4-12-8/h1-2,5H,3-4H2,(H,10,11). The Kier molecular flexibility index (Phi) is 1.81. The van der Waals surface area contributed by atoms with Crippen molar-refractivity contribution >= 4 is 17.7 Å². The Hall–Kier alpha value is -0.960. The van der Waals surface area contributed by atoms with Crippen LogP contribution in [0.2, 0.25) is 0 Å². The number of carboxylic acid groups (broad SMARTS) is 1. The first-order valence-corrected chi connectivity index (χ1v) is 4.75. The summed E-state index contributed by atoms with van der Waals surface area (Å²) in [5.74, 6) is 0.244. The Labute approximate surface area is 74.6 Å². The summed E-state index contributed by atoms with van der Waals surface area (Å²) >= 11 is 1.80. The minimum atomic E-state index is -0.838. The van der Waals surface area contributed by atoms with E-state index in [2.05, 4.69) is 0 Å². The zero-order valence-electron chi connectivity index (χ0n) is 6.41. The second kappa shape index (κ2) is 2.83. The van der Waals surface area contributed by atoms with Gasteiger partial charge in [-0.2, -0.15) is 0 Å². The number of carbonyl (C=O) groups is 1. The van der Waals surface area contributed by atoms with Crippen LogP contribution in [0.5, 0.6) is 0 Å². The molecule has 2 rings (SSSR count). The van der Waals surface area contributed by atoms with Crippen LogP contribution in [-0.4, -0.2) is 16.8 Å². The van der Waals surface area contributed by atoms with E-state index in [4.69, 9.17) is 5.11 Å². The molecule has 0 bridgehead atoms. The SMILES string of the molecule is O=C(O)c1ccc2c(c1)CCS2.